The summed E-state index contributed by atoms with van der Waals surface area (Å²) in [6.07, 6.45) is 0.854. The number of hydrogen-bond acceptors (Lipinski definition) is 5. The van der Waals surface area contributed by atoms with E-state index in [1.54, 1.807) is 37.3 Å². The van der Waals surface area contributed by atoms with Crippen LogP contribution < -0.4 is 10.6 Å². The molecule has 0 radical (unpaired) electrons. The lowest BCUT2D eigenvalue weighted by molar-refractivity contribution is 0.102. The van der Waals surface area contributed by atoms with Gasteiger partial charge in [0.25, 0.3) is 5.91 Å². The molecule has 0 aliphatic rings. The van der Waals surface area contributed by atoms with E-state index < -0.39 is 0 Å². The molecule has 0 spiro atoms. The Morgan fingerprint density at radius 1 is 1.07 bits per heavy atom. The summed E-state index contributed by atoms with van der Waals surface area (Å²) in [6.45, 7) is 2.45. The first-order valence-corrected chi connectivity index (χ1v) is 8.59. The normalized spacial score (nSPS) is 10.1. The Bertz CT molecular complexity index is 979. The van der Waals surface area contributed by atoms with Crippen LogP contribution >= 0.6 is 0 Å². The molecule has 2 aromatic carbocycles. The van der Waals surface area contributed by atoms with E-state index in [1.165, 1.54) is 5.56 Å². The number of aryl methyl sites for hydroxylation is 1. The molecule has 0 bridgehead atoms. The Morgan fingerprint density at radius 3 is 2.67 bits per heavy atom. The highest BCUT2D eigenvalue weighted by Gasteiger charge is 2.11. The molecule has 0 fully saturated rings. The molecule has 2 N–H and O–H groups in total. The van der Waals surface area contributed by atoms with E-state index in [4.69, 9.17) is 5.26 Å². The van der Waals surface area contributed by atoms with Gasteiger partial charge in [-0.15, -0.1) is 0 Å². The van der Waals surface area contributed by atoms with Crippen molar-refractivity contribution in [1.82, 2.24) is 9.97 Å². The minimum Gasteiger partial charge on any atom is -0.370 e. The molecular formula is C21H19N5O. The second kappa shape index (κ2) is 8.59. The van der Waals surface area contributed by atoms with Crippen molar-refractivity contribution in [2.24, 2.45) is 0 Å². The summed E-state index contributed by atoms with van der Waals surface area (Å²) in [7, 11) is 0. The average Bonchev–Trinajstić information content (AvgIpc) is 2.68. The van der Waals surface area contributed by atoms with E-state index in [1.807, 2.05) is 24.3 Å². The molecule has 3 aromatic rings. The molecule has 1 aromatic heterocycles. The Morgan fingerprint density at radius 2 is 1.89 bits per heavy atom. The number of nitrogens with one attached hydrogen (secondary N) is 2. The summed E-state index contributed by atoms with van der Waals surface area (Å²) < 4.78 is 0. The first-order chi connectivity index (χ1) is 13.1. The van der Waals surface area contributed by atoms with Gasteiger partial charge in [0.2, 0.25) is 0 Å². The van der Waals surface area contributed by atoms with Crippen LogP contribution in [0.5, 0.6) is 0 Å². The monoisotopic (exact) mass is 357 g/mol. The van der Waals surface area contributed by atoms with Gasteiger partial charge >= 0.3 is 0 Å². The second-order valence-electron chi connectivity index (χ2n) is 5.99. The lowest BCUT2D eigenvalue weighted by Crippen LogP contribution is -2.16. The van der Waals surface area contributed by atoms with Crippen molar-refractivity contribution in [3.05, 3.63) is 83.3 Å². The quantitative estimate of drug-likeness (QED) is 0.704. The smallest absolute Gasteiger partial charge is 0.274 e. The van der Waals surface area contributed by atoms with Crippen molar-refractivity contribution in [3.8, 4) is 6.07 Å². The van der Waals surface area contributed by atoms with Crippen LogP contribution in [0.4, 0.5) is 11.5 Å². The Hall–Kier alpha value is -3.72. The fraction of sp³-hybridized carbons (Fsp3) is 0.143. The fourth-order valence-corrected chi connectivity index (χ4v) is 2.62. The van der Waals surface area contributed by atoms with Crippen LogP contribution in [0.1, 0.15) is 27.4 Å². The van der Waals surface area contributed by atoms with Gasteiger partial charge in [-0.1, -0.05) is 36.4 Å². The van der Waals surface area contributed by atoms with E-state index in [0.29, 0.717) is 29.4 Å². The van der Waals surface area contributed by atoms with E-state index in [0.717, 1.165) is 6.42 Å². The maximum Gasteiger partial charge on any atom is 0.274 e. The SMILES string of the molecule is Cc1nc(NCCc2ccccc2)cc(C(=O)Nc2cccc(C#N)c2)n1. The van der Waals surface area contributed by atoms with Gasteiger partial charge in [0.05, 0.1) is 11.6 Å². The Labute approximate surface area is 157 Å². The van der Waals surface area contributed by atoms with Crippen LogP contribution in [0.2, 0.25) is 0 Å². The number of carbonyl (C=O) groups excluding carboxylic acids is 1. The standard InChI is InChI=1S/C21H19N5O/c1-15-24-19(21(27)26-18-9-5-8-17(12-18)14-22)13-20(25-15)23-11-10-16-6-3-2-4-7-16/h2-9,12-13H,10-11H2,1H3,(H,26,27)(H,23,24,25). The summed E-state index contributed by atoms with van der Waals surface area (Å²) in [5.41, 5.74) is 2.53. The molecule has 0 saturated carbocycles. The number of hydrogen-bond donors (Lipinski definition) is 2. The van der Waals surface area contributed by atoms with Crippen molar-refractivity contribution in [3.63, 3.8) is 0 Å². The second-order valence-corrected chi connectivity index (χ2v) is 5.99. The highest BCUT2D eigenvalue weighted by atomic mass is 16.1. The molecule has 27 heavy (non-hydrogen) atoms. The highest BCUT2D eigenvalue weighted by Crippen LogP contribution is 2.13. The van der Waals surface area contributed by atoms with Crippen molar-refractivity contribution in [2.45, 2.75) is 13.3 Å². The van der Waals surface area contributed by atoms with Gasteiger partial charge in [-0.2, -0.15) is 5.26 Å². The number of carbonyl (C=O) groups is 1. The number of nitrogens with zero attached hydrogens (tertiary/aromatic N) is 3. The summed E-state index contributed by atoms with van der Waals surface area (Å²) in [6, 6.07) is 20.6. The van der Waals surface area contributed by atoms with E-state index in [9.17, 15) is 4.79 Å². The minimum absolute atomic E-state index is 0.270. The number of rotatable bonds is 6. The summed E-state index contributed by atoms with van der Waals surface area (Å²) in [4.78, 5) is 21.0. The van der Waals surface area contributed by atoms with Gasteiger partial charge in [-0.3, -0.25) is 4.79 Å². The maximum atomic E-state index is 12.5. The molecule has 3 rings (SSSR count). The van der Waals surface area contributed by atoms with Crippen molar-refractivity contribution in [2.75, 3.05) is 17.2 Å². The first kappa shape index (κ1) is 18.1. The minimum atomic E-state index is -0.346. The fourth-order valence-electron chi connectivity index (χ4n) is 2.62. The molecule has 0 aliphatic heterocycles. The van der Waals surface area contributed by atoms with Gasteiger partial charge in [-0.05, 0) is 37.1 Å². The average molecular weight is 357 g/mol. The van der Waals surface area contributed by atoms with Crippen molar-refractivity contribution in [1.29, 1.82) is 5.26 Å². The third kappa shape index (κ3) is 5.13. The molecule has 0 unspecified atom stereocenters. The molecule has 6 heteroatoms. The van der Waals surface area contributed by atoms with E-state index >= 15 is 0 Å². The van der Waals surface area contributed by atoms with Crippen LogP contribution in [-0.2, 0) is 6.42 Å². The van der Waals surface area contributed by atoms with Gasteiger partial charge in [0.15, 0.2) is 0 Å². The number of nitriles is 1. The Kier molecular flexibility index (Phi) is 5.75. The van der Waals surface area contributed by atoms with Crippen LogP contribution in [0.15, 0.2) is 60.7 Å². The molecule has 1 heterocycles. The zero-order valence-corrected chi connectivity index (χ0v) is 14.9. The number of aromatic nitrogens is 2. The summed E-state index contributed by atoms with van der Waals surface area (Å²) in [5, 5.41) is 15.0. The third-order valence-electron chi connectivity index (χ3n) is 3.88. The molecule has 6 nitrogen and oxygen atoms in total. The molecule has 1 amide bonds. The molecule has 134 valence electrons. The lowest BCUT2D eigenvalue weighted by Gasteiger charge is -2.09. The maximum absolute atomic E-state index is 12.5. The Balaban J connectivity index is 1.66. The summed E-state index contributed by atoms with van der Waals surface area (Å²) >= 11 is 0. The number of benzene rings is 2. The molecule has 0 atom stereocenters. The lowest BCUT2D eigenvalue weighted by atomic mass is 10.1. The first-order valence-electron chi connectivity index (χ1n) is 8.59. The zero-order chi connectivity index (χ0) is 19.1. The van der Waals surface area contributed by atoms with Gasteiger partial charge < -0.3 is 10.6 Å². The largest absolute Gasteiger partial charge is 0.370 e. The third-order valence-corrected chi connectivity index (χ3v) is 3.88. The zero-order valence-electron chi connectivity index (χ0n) is 14.9. The highest BCUT2D eigenvalue weighted by molar-refractivity contribution is 6.03. The van der Waals surface area contributed by atoms with Crippen LogP contribution in [0.25, 0.3) is 0 Å². The van der Waals surface area contributed by atoms with Gasteiger partial charge in [-0.25, -0.2) is 9.97 Å². The van der Waals surface area contributed by atoms with Crippen molar-refractivity contribution < 1.29 is 4.79 Å². The predicted molar refractivity (Wildman–Crippen MR) is 105 cm³/mol. The topological polar surface area (TPSA) is 90.7 Å². The molecular weight excluding hydrogens is 338 g/mol. The number of amides is 1. The van der Waals surface area contributed by atoms with Crippen LogP contribution in [0.3, 0.4) is 0 Å². The molecule has 0 saturated heterocycles. The van der Waals surface area contributed by atoms with Crippen molar-refractivity contribution >= 4 is 17.4 Å². The summed E-state index contributed by atoms with van der Waals surface area (Å²) in [5.74, 6) is 0.770. The van der Waals surface area contributed by atoms with E-state index in [-0.39, 0.29) is 11.6 Å². The van der Waals surface area contributed by atoms with Gasteiger partial charge in [0.1, 0.15) is 17.3 Å². The predicted octanol–water partition coefficient (Wildman–Crippen LogP) is 3.56. The van der Waals surface area contributed by atoms with Gasteiger partial charge in [0, 0.05) is 18.3 Å². The van der Waals surface area contributed by atoms with E-state index in [2.05, 4.69) is 32.7 Å². The number of anilines is 2. The molecule has 0 aliphatic carbocycles. The van der Waals surface area contributed by atoms with Crippen LogP contribution in [-0.4, -0.2) is 22.4 Å². The van der Waals surface area contributed by atoms with Crippen LogP contribution in [0, 0.1) is 18.3 Å².